The van der Waals surface area contributed by atoms with Gasteiger partial charge in [-0.3, -0.25) is 4.57 Å². The first-order chi connectivity index (χ1) is 25.0. The molecule has 2 atom stereocenters. The molecule has 1 aliphatic carbocycles. The van der Waals surface area contributed by atoms with Gasteiger partial charge in [0.25, 0.3) is 0 Å². The number of rotatable bonds is 1. The van der Waals surface area contributed by atoms with Gasteiger partial charge in [0.2, 0.25) is 0 Å². The van der Waals surface area contributed by atoms with E-state index in [0.29, 0.717) is 0 Å². The molecule has 242 valence electrons. The third kappa shape index (κ3) is 3.85. The molecule has 0 saturated heterocycles. The van der Waals surface area contributed by atoms with Crippen molar-refractivity contribution in [1.82, 2.24) is 4.57 Å². The van der Waals surface area contributed by atoms with E-state index in [0.717, 1.165) is 11.5 Å². The van der Waals surface area contributed by atoms with E-state index in [2.05, 4.69) is 177 Å². The third-order valence-corrected chi connectivity index (χ3v) is 12.1. The fourth-order valence-electron chi connectivity index (χ4n) is 9.83. The molecule has 2 nitrogen and oxygen atoms in total. The minimum atomic E-state index is -0.181. The van der Waals surface area contributed by atoms with E-state index in [1.807, 2.05) is 0 Å². The standard InChI is InChI=1S/C49H36N2/c1-29-44(39-27-33-17-7-8-18-34(33)36-20-10-11-21-37(36)39)46-47(38-22-12-13-23-41(38)49(46,2)3)50-48(29)51-42-25-24-30-14-6-9-19-35(30)45(42)40-26-31-15-4-5-16-32(31)28-43(40)51/h4-29,44H,1-3H3/t29-,44?/m0/s1. The van der Waals surface area contributed by atoms with Crippen molar-refractivity contribution in [1.29, 1.82) is 0 Å². The Morgan fingerprint density at radius 2 is 1.16 bits per heavy atom. The van der Waals surface area contributed by atoms with Crippen molar-refractivity contribution in [2.75, 3.05) is 0 Å². The first-order valence-corrected chi connectivity index (χ1v) is 18.2. The minimum Gasteiger partial charge on any atom is -0.297 e. The number of benzene rings is 8. The zero-order chi connectivity index (χ0) is 34.0. The first kappa shape index (κ1) is 28.8. The Kier molecular flexibility index (Phi) is 5.80. The molecule has 2 heteroatoms. The number of aliphatic imine (C=N–C) groups is 1. The summed E-state index contributed by atoms with van der Waals surface area (Å²) in [5.74, 6) is 1.30. The number of aromatic nitrogens is 1. The van der Waals surface area contributed by atoms with Gasteiger partial charge in [-0.15, -0.1) is 0 Å². The fraction of sp³-hybridized carbons (Fsp3) is 0.122. The van der Waals surface area contributed by atoms with E-state index in [9.17, 15) is 0 Å². The molecule has 9 aromatic rings. The van der Waals surface area contributed by atoms with Crippen LogP contribution in [-0.2, 0) is 5.41 Å². The topological polar surface area (TPSA) is 17.3 Å². The van der Waals surface area contributed by atoms with Gasteiger partial charge in [0.15, 0.2) is 0 Å². The van der Waals surface area contributed by atoms with Gasteiger partial charge >= 0.3 is 0 Å². The number of allylic oxidation sites excluding steroid dienone is 1. The zero-order valence-corrected chi connectivity index (χ0v) is 29.0. The zero-order valence-electron chi connectivity index (χ0n) is 29.0. The van der Waals surface area contributed by atoms with Gasteiger partial charge in [-0.2, -0.15) is 0 Å². The molecular weight excluding hydrogens is 617 g/mol. The number of fused-ring (bicyclic) bond motifs is 11. The van der Waals surface area contributed by atoms with Crippen LogP contribution in [0.25, 0.3) is 70.6 Å². The maximum absolute atomic E-state index is 5.84. The average molecular weight is 653 g/mol. The highest BCUT2D eigenvalue weighted by molar-refractivity contribution is 6.26. The van der Waals surface area contributed by atoms with Crippen molar-refractivity contribution >= 4 is 76.4 Å². The van der Waals surface area contributed by atoms with Crippen molar-refractivity contribution in [2.24, 2.45) is 10.9 Å². The van der Waals surface area contributed by atoms with Crippen molar-refractivity contribution < 1.29 is 0 Å². The normalized spacial score (nSPS) is 18.3. The van der Waals surface area contributed by atoms with Crippen LogP contribution in [0.1, 0.15) is 43.4 Å². The van der Waals surface area contributed by atoms with Crippen LogP contribution in [0.15, 0.2) is 162 Å². The van der Waals surface area contributed by atoms with Gasteiger partial charge in [-0.25, -0.2) is 4.99 Å². The molecule has 11 rings (SSSR count). The van der Waals surface area contributed by atoms with Crippen molar-refractivity contribution in [3.63, 3.8) is 0 Å². The monoisotopic (exact) mass is 652 g/mol. The lowest BCUT2D eigenvalue weighted by atomic mass is 9.67. The predicted molar refractivity (Wildman–Crippen MR) is 217 cm³/mol. The van der Waals surface area contributed by atoms with Crippen molar-refractivity contribution in [2.45, 2.75) is 32.1 Å². The Labute approximate surface area is 297 Å². The predicted octanol–water partition coefficient (Wildman–Crippen LogP) is 12.8. The van der Waals surface area contributed by atoms with E-state index in [-0.39, 0.29) is 17.3 Å². The number of hydrogen-bond donors (Lipinski definition) is 0. The fourth-order valence-corrected chi connectivity index (χ4v) is 9.83. The second kappa shape index (κ2) is 10.3. The van der Waals surface area contributed by atoms with Gasteiger partial charge in [0.05, 0.1) is 16.7 Å². The van der Waals surface area contributed by atoms with E-state index < -0.39 is 0 Å². The van der Waals surface area contributed by atoms with Crippen LogP contribution in [0, 0.1) is 5.92 Å². The third-order valence-electron chi connectivity index (χ3n) is 12.1. The highest BCUT2D eigenvalue weighted by atomic mass is 15.1. The van der Waals surface area contributed by atoms with Gasteiger partial charge in [-0.1, -0.05) is 148 Å². The molecule has 1 unspecified atom stereocenters. The highest BCUT2D eigenvalue weighted by Gasteiger charge is 2.47. The number of hydrogen-bond acceptors (Lipinski definition) is 1. The summed E-state index contributed by atoms with van der Waals surface area (Å²) in [5, 5.41) is 12.8. The van der Waals surface area contributed by atoms with Crippen LogP contribution in [0.3, 0.4) is 0 Å². The minimum absolute atomic E-state index is 0.0821. The smallest absolute Gasteiger partial charge is 0.118 e. The molecule has 0 radical (unpaired) electrons. The first-order valence-electron chi connectivity index (χ1n) is 18.2. The number of nitrogens with zero attached hydrogens (tertiary/aromatic N) is 2. The van der Waals surface area contributed by atoms with Gasteiger partial charge < -0.3 is 0 Å². The maximum atomic E-state index is 5.84. The van der Waals surface area contributed by atoms with E-state index in [4.69, 9.17) is 4.99 Å². The molecule has 0 spiro atoms. The van der Waals surface area contributed by atoms with E-state index in [1.165, 1.54) is 87.2 Å². The Morgan fingerprint density at radius 3 is 1.96 bits per heavy atom. The van der Waals surface area contributed by atoms with Crippen LogP contribution in [0.5, 0.6) is 0 Å². The quantitative estimate of drug-likeness (QED) is 0.157. The molecule has 0 fully saturated rings. The second-order valence-electron chi connectivity index (χ2n) is 15.1. The second-order valence-corrected chi connectivity index (χ2v) is 15.1. The van der Waals surface area contributed by atoms with Crippen LogP contribution in [0.4, 0.5) is 0 Å². The van der Waals surface area contributed by atoms with Gasteiger partial charge in [0.1, 0.15) is 5.84 Å². The summed E-state index contributed by atoms with van der Waals surface area (Å²) >= 11 is 0. The Balaban J connectivity index is 1.28. The maximum Gasteiger partial charge on any atom is 0.118 e. The van der Waals surface area contributed by atoms with Crippen LogP contribution in [0.2, 0.25) is 0 Å². The van der Waals surface area contributed by atoms with Crippen molar-refractivity contribution in [3.8, 4) is 0 Å². The molecular formula is C49H36N2. The molecule has 0 amide bonds. The highest BCUT2D eigenvalue weighted by Crippen LogP contribution is 2.57. The molecule has 0 bridgehead atoms. The molecule has 51 heavy (non-hydrogen) atoms. The molecule has 0 N–H and O–H groups in total. The lowest BCUT2D eigenvalue weighted by Gasteiger charge is -2.38. The molecule has 2 aliphatic rings. The van der Waals surface area contributed by atoms with Crippen LogP contribution in [-0.4, -0.2) is 10.4 Å². The van der Waals surface area contributed by atoms with Crippen LogP contribution < -0.4 is 0 Å². The summed E-state index contributed by atoms with van der Waals surface area (Å²) in [5.41, 5.74) is 8.81. The Morgan fingerprint density at radius 1 is 0.529 bits per heavy atom. The van der Waals surface area contributed by atoms with Gasteiger partial charge in [-0.05, 0) is 84.1 Å². The molecule has 1 aliphatic heterocycles. The summed E-state index contributed by atoms with van der Waals surface area (Å²) in [6.07, 6.45) is 0. The summed E-state index contributed by atoms with van der Waals surface area (Å²) < 4.78 is 2.52. The molecule has 1 aromatic heterocycles. The van der Waals surface area contributed by atoms with Crippen LogP contribution >= 0.6 is 0 Å². The Bertz CT molecular complexity index is 3020. The summed E-state index contributed by atoms with van der Waals surface area (Å²) in [7, 11) is 0. The summed E-state index contributed by atoms with van der Waals surface area (Å²) in [6.45, 7) is 7.25. The van der Waals surface area contributed by atoms with Gasteiger partial charge in [0, 0.05) is 33.6 Å². The van der Waals surface area contributed by atoms with E-state index in [1.54, 1.807) is 0 Å². The lowest BCUT2D eigenvalue weighted by molar-refractivity contribution is 0.521. The Hall–Kier alpha value is -5.99. The SMILES string of the molecule is C[C@@H]1C(n2c3cc4ccccc4cc3c3c4ccccc4ccc32)=NC2=C(C1c1cc3ccccc3c3ccccc13)C(C)(C)c1ccccc12. The summed E-state index contributed by atoms with van der Waals surface area (Å²) in [6, 6.07) is 56.4. The molecule has 0 saturated carbocycles. The average Bonchev–Trinajstić information content (AvgIpc) is 3.61. The van der Waals surface area contributed by atoms with E-state index >= 15 is 0 Å². The largest absolute Gasteiger partial charge is 0.297 e. The van der Waals surface area contributed by atoms with Crippen molar-refractivity contribution in [3.05, 3.63) is 174 Å². The summed E-state index contributed by atoms with van der Waals surface area (Å²) in [4.78, 5) is 5.84. The molecule has 2 heterocycles. The molecule has 8 aromatic carbocycles. The lowest BCUT2D eigenvalue weighted by Crippen LogP contribution is -2.34.